The van der Waals surface area contributed by atoms with Crippen LogP contribution in [0.5, 0.6) is 0 Å². The summed E-state index contributed by atoms with van der Waals surface area (Å²) in [6.45, 7) is 0. The van der Waals surface area contributed by atoms with Crippen molar-refractivity contribution in [1.29, 1.82) is 5.26 Å². The van der Waals surface area contributed by atoms with E-state index < -0.39 is 5.82 Å². The average molecular weight is 146 g/mol. The normalized spacial score (nSPS) is 7.64. The standard InChI is InChI=1S/C8H3FN2/c9-7-3-4-8(11-6-7)2-1-5-10/h3-4,6H. The minimum atomic E-state index is -0.410. The lowest BCUT2D eigenvalue weighted by Gasteiger charge is -1.86. The van der Waals surface area contributed by atoms with Crippen LogP contribution in [-0.2, 0) is 0 Å². The van der Waals surface area contributed by atoms with Crippen LogP contribution in [0, 0.1) is 29.0 Å². The fraction of sp³-hybridized carbons (Fsp3) is 0. The lowest BCUT2D eigenvalue weighted by Crippen LogP contribution is -1.81. The number of nitrogens with zero attached hydrogens (tertiary/aromatic N) is 2. The molecular formula is C8H3FN2. The number of aromatic nitrogens is 1. The van der Waals surface area contributed by atoms with Crippen LogP contribution in [0.3, 0.4) is 0 Å². The van der Waals surface area contributed by atoms with Crippen LogP contribution in [0.15, 0.2) is 18.3 Å². The molecule has 0 N–H and O–H groups in total. The van der Waals surface area contributed by atoms with Crippen LogP contribution in [0.2, 0.25) is 0 Å². The molecule has 0 amide bonds. The first-order valence-electron chi connectivity index (χ1n) is 2.84. The number of pyridine rings is 1. The molecule has 2 nitrogen and oxygen atoms in total. The van der Waals surface area contributed by atoms with Crippen LogP contribution < -0.4 is 0 Å². The highest BCUT2D eigenvalue weighted by Crippen LogP contribution is 1.95. The van der Waals surface area contributed by atoms with Crippen molar-refractivity contribution < 1.29 is 4.39 Å². The van der Waals surface area contributed by atoms with Gasteiger partial charge in [-0.25, -0.2) is 9.37 Å². The summed E-state index contributed by atoms with van der Waals surface area (Å²) in [6, 6.07) is 4.30. The summed E-state index contributed by atoms with van der Waals surface area (Å²) in [6.07, 6.45) is 1.06. The molecule has 1 aromatic heterocycles. The monoisotopic (exact) mass is 146 g/mol. The fourth-order valence-corrected chi connectivity index (χ4v) is 0.542. The second-order valence-electron chi connectivity index (χ2n) is 1.72. The van der Waals surface area contributed by atoms with Crippen LogP contribution >= 0.6 is 0 Å². The second kappa shape index (κ2) is 3.34. The van der Waals surface area contributed by atoms with Gasteiger partial charge in [-0.2, -0.15) is 5.26 Å². The molecule has 11 heavy (non-hydrogen) atoms. The maximum absolute atomic E-state index is 12.2. The predicted octanol–water partition coefficient (Wildman–Crippen LogP) is 1.10. The third-order valence-electron chi connectivity index (χ3n) is 0.974. The Balaban J connectivity index is 2.93. The van der Waals surface area contributed by atoms with E-state index in [4.69, 9.17) is 5.26 Å². The van der Waals surface area contributed by atoms with E-state index in [1.165, 1.54) is 12.1 Å². The Morgan fingerprint density at radius 3 is 2.82 bits per heavy atom. The molecule has 0 saturated carbocycles. The van der Waals surface area contributed by atoms with Gasteiger partial charge in [0, 0.05) is 5.92 Å². The van der Waals surface area contributed by atoms with Crippen molar-refractivity contribution >= 4 is 0 Å². The second-order valence-corrected chi connectivity index (χ2v) is 1.72. The molecule has 0 saturated heterocycles. The smallest absolute Gasteiger partial charge is 0.152 e. The predicted molar refractivity (Wildman–Crippen MR) is 36.7 cm³/mol. The third-order valence-corrected chi connectivity index (χ3v) is 0.974. The first kappa shape index (κ1) is 7.24. The van der Waals surface area contributed by atoms with E-state index in [1.807, 2.05) is 0 Å². The molecule has 1 aromatic rings. The number of halogens is 1. The van der Waals surface area contributed by atoms with Gasteiger partial charge in [0.2, 0.25) is 0 Å². The summed E-state index contributed by atoms with van der Waals surface area (Å²) >= 11 is 0. The minimum Gasteiger partial charge on any atom is -0.245 e. The first-order valence-corrected chi connectivity index (χ1v) is 2.84. The Morgan fingerprint density at radius 1 is 1.45 bits per heavy atom. The van der Waals surface area contributed by atoms with Gasteiger partial charge < -0.3 is 0 Å². The van der Waals surface area contributed by atoms with Gasteiger partial charge in [-0.3, -0.25) is 0 Å². The van der Waals surface area contributed by atoms with Crippen LogP contribution in [-0.4, -0.2) is 4.98 Å². The zero-order valence-corrected chi connectivity index (χ0v) is 5.50. The van der Waals surface area contributed by atoms with Gasteiger partial charge in [0.1, 0.15) is 11.5 Å². The minimum absolute atomic E-state index is 0.396. The van der Waals surface area contributed by atoms with Gasteiger partial charge in [-0.1, -0.05) is 0 Å². The fourth-order valence-electron chi connectivity index (χ4n) is 0.542. The van der Waals surface area contributed by atoms with Gasteiger partial charge in [0.25, 0.3) is 0 Å². The molecule has 1 rings (SSSR count). The van der Waals surface area contributed by atoms with E-state index in [0.717, 1.165) is 6.20 Å². The lowest BCUT2D eigenvalue weighted by molar-refractivity contribution is 0.621. The molecule has 0 spiro atoms. The van der Waals surface area contributed by atoms with Gasteiger partial charge in [-0.15, -0.1) is 0 Å². The Kier molecular flexibility index (Phi) is 2.20. The van der Waals surface area contributed by atoms with E-state index in [9.17, 15) is 4.39 Å². The van der Waals surface area contributed by atoms with Crippen molar-refractivity contribution in [3.8, 4) is 17.9 Å². The topological polar surface area (TPSA) is 36.7 Å². The molecule has 52 valence electrons. The molecule has 0 aliphatic carbocycles. The number of hydrogen-bond acceptors (Lipinski definition) is 2. The quantitative estimate of drug-likeness (QED) is 0.514. The van der Waals surface area contributed by atoms with Crippen molar-refractivity contribution in [3.63, 3.8) is 0 Å². The zero-order valence-electron chi connectivity index (χ0n) is 5.50. The maximum Gasteiger partial charge on any atom is 0.152 e. The summed E-state index contributed by atoms with van der Waals surface area (Å²) < 4.78 is 12.2. The van der Waals surface area contributed by atoms with E-state index in [-0.39, 0.29) is 0 Å². The number of nitriles is 1. The van der Waals surface area contributed by atoms with E-state index in [2.05, 4.69) is 16.8 Å². The zero-order chi connectivity index (χ0) is 8.10. The van der Waals surface area contributed by atoms with Crippen LogP contribution in [0.1, 0.15) is 5.69 Å². The van der Waals surface area contributed by atoms with E-state index >= 15 is 0 Å². The molecule has 0 aliphatic rings. The molecule has 0 aromatic carbocycles. The average Bonchev–Trinajstić information content (AvgIpc) is 2.04. The molecule has 3 heteroatoms. The molecule has 1 heterocycles. The molecule has 0 bridgehead atoms. The van der Waals surface area contributed by atoms with Crippen molar-refractivity contribution in [2.45, 2.75) is 0 Å². The summed E-state index contributed by atoms with van der Waals surface area (Å²) in [4.78, 5) is 3.62. The Labute approximate surface area is 63.3 Å². The molecule has 0 unspecified atom stereocenters. The Hall–Kier alpha value is -1.87. The lowest BCUT2D eigenvalue weighted by atomic mass is 10.3. The van der Waals surface area contributed by atoms with E-state index in [1.54, 1.807) is 6.07 Å². The Morgan fingerprint density at radius 2 is 2.27 bits per heavy atom. The SMILES string of the molecule is N#CC#Cc1ccc(F)cn1. The summed E-state index contributed by atoms with van der Waals surface area (Å²) in [5.74, 6) is 4.18. The maximum atomic E-state index is 12.2. The van der Waals surface area contributed by atoms with Crippen molar-refractivity contribution in [1.82, 2.24) is 4.98 Å². The highest BCUT2D eigenvalue weighted by Gasteiger charge is 1.88. The van der Waals surface area contributed by atoms with Crippen LogP contribution in [0.4, 0.5) is 4.39 Å². The Bertz CT molecular complexity index is 337. The van der Waals surface area contributed by atoms with Gasteiger partial charge >= 0.3 is 0 Å². The first-order chi connectivity index (χ1) is 5.33. The van der Waals surface area contributed by atoms with Crippen molar-refractivity contribution in [2.75, 3.05) is 0 Å². The third kappa shape index (κ3) is 2.08. The van der Waals surface area contributed by atoms with E-state index in [0.29, 0.717) is 5.69 Å². The highest BCUT2D eigenvalue weighted by atomic mass is 19.1. The molecule has 0 radical (unpaired) electrons. The van der Waals surface area contributed by atoms with Crippen molar-refractivity contribution in [3.05, 3.63) is 29.8 Å². The molecule has 0 fully saturated rings. The summed E-state index contributed by atoms with van der Waals surface area (Å²) in [5.41, 5.74) is 0.396. The highest BCUT2D eigenvalue weighted by molar-refractivity contribution is 5.32. The summed E-state index contributed by atoms with van der Waals surface area (Å²) in [5, 5.41) is 8.06. The van der Waals surface area contributed by atoms with Crippen molar-refractivity contribution in [2.24, 2.45) is 0 Å². The van der Waals surface area contributed by atoms with Gasteiger partial charge in [0.05, 0.1) is 6.20 Å². The number of hydrogen-bond donors (Lipinski definition) is 0. The van der Waals surface area contributed by atoms with Gasteiger partial charge in [0.15, 0.2) is 6.07 Å². The summed E-state index contributed by atoms with van der Waals surface area (Å²) in [7, 11) is 0. The molecule has 0 atom stereocenters. The largest absolute Gasteiger partial charge is 0.245 e. The molecule has 0 aliphatic heterocycles. The van der Waals surface area contributed by atoms with Gasteiger partial charge in [-0.05, 0) is 18.1 Å². The van der Waals surface area contributed by atoms with Crippen LogP contribution in [0.25, 0.3) is 0 Å². The molecular weight excluding hydrogens is 143 g/mol. The number of rotatable bonds is 0.